The molecule has 2 amide bonds. The molecule has 2 N–H and O–H groups in total. The summed E-state index contributed by atoms with van der Waals surface area (Å²) in [5.41, 5.74) is 3.79. The van der Waals surface area contributed by atoms with Crippen LogP contribution in [-0.4, -0.2) is 35.6 Å². The molecule has 3 rings (SSSR count). The van der Waals surface area contributed by atoms with Crippen LogP contribution in [0.1, 0.15) is 47.1 Å². The van der Waals surface area contributed by atoms with Gasteiger partial charge in [-0.25, -0.2) is 0 Å². The molecule has 0 radical (unpaired) electrons. The Balaban J connectivity index is 1.77. The summed E-state index contributed by atoms with van der Waals surface area (Å²) in [6.07, 6.45) is 3.94. The number of nitrogens with zero attached hydrogens (tertiary/aromatic N) is 2. The van der Waals surface area contributed by atoms with E-state index in [0.717, 1.165) is 42.9 Å². The minimum Gasteiger partial charge on any atom is -0.376 e. The molecule has 7 heteroatoms. The Morgan fingerprint density at radius 2 is 2.13 bits per heavy atom. The van der Waals surface area contributed by atoms with Crippen molar-refractivity contribution in [2.75, 3.05) is 18.5 Å². The highest BCUT2D eigenvalue weighted by Crippen LogP contribution is 2.22. The molecule has 1 unspecified atom stereocenters. The summed E-state index contributed by atoms with van der Waals surface area (Å²) in [4.78, 5) is 24.7. The van der Waals surface area contributed by atoms with Gasteiger partial charge in [0.1, 0.15) is 11.6 Å². The maximum atomic E-state index is 12.7. The van der Waals surface area contributed by atoms with E-state index >= 15 is 0 Å². The lowest BCUT2D eigenvalue weighted by molar-refractivity contribution is -0.112. The van der Waals surface area contributed by atoms with E-state index in [1.54, 1.807) is 30.3 Å². The first-order valence-corrected chi connectivity index (χ1v) is 10.5. The van der Waals surface area contributed by atoms with E-state index in [-0.39, 0.29) is 17.6 Å². The average Bonchev–Trinajstić information content (AvgIpc) is 3.36. The highest BCUT2D eigenvalue weighted by molar-refractivity contribution is 6.10. The monoisotopic (exact) mass is 420 g/mol. The molecule has 2 heterocycles. The Morgan fingerprint density at radius 1 is 1.32 bits per heavy atom. The van der Waals surface area contributed by atoms with Gasteiger partial charge in [0.15, 0.2) is 0 Å². The molecule has 1 aliphatic heterocycles. The number of carbonyl (C=O) groups excluding carboxylic acids is 2. The lowest BCUT2D eigenvalue weighted by Crippen LogP contribution is -2.22. The van der Waals surface area contributed by atoms with Crippen molar-refractivity contribution in [2.45, 2.75) is 46.3 Å². The minimum absolute atomic E-state index is 0.000721. The predicted molar refractivity (Wildman–Crippen MR) is 120 cm³/mol. The zero-order chi connectivity index (χ0) is 22.4. The molecule has 1 fully saturated rings. The lowest BCUT2D eigenvalue weighted by atomic mass is 10.1. The van der Waals surface area contributed by atoms with Crippen molar-refractivity contribution in [3.05, 3.63) is 58.4 Å². The molecule has 162 valence electrons. The lowest BCUT2D eigenvalue weighted by Gasteiger charge is -2.14. The van der Waals surface area contributed by atoms with Gasteiger partial charge in [0.25, 0.3) is 11.8 Å². The van der Waals surface area contributed by atoms with Gasteiger partial charge in [-0.15, -0.1) is 0 Å². The van der Waals surface area contributed by atoms with Crippen LogP contribution < -0.4 is 10.6 Å². The Bertz CT molecular complexity index is 1040. The van der Waals surface area contributed by atoms with Gasteiger partial charge < -0.3 is 19.9 Å². The smallest absolute Gasteiger partial charge is 0.266 e. The second-order valence-corrected chi connectivity index (χ2v) is 7.64. The number of aromatic nitrogens is 1. The molecule has 0 bridgehead atoms. The number of anilines is 1. The molecular weight excluding hydrogens is 392 g/mol. The van der Waals surface area contributed by atoms with Crippen molar-refractivity contribution in [2.24, 2.45) is 0 Å². The maximum absolute atomic E-state index is 12.7. The summed E-state index contributed by atoms with van der Waals surface area (Å²) in [6, 6.07) is 10.6. The van der Waals surface area contributed by atoms with Crippen molar-refractivity contribution < 1.29 is 14.3 Å². The van der Waals surface area contributed by atoms with E-state index in [1.165, 1.54) is 0 Å². The van der Waals surface area contributed by atoms with Crippen LogP contribution in [0.3, 0.4) is 0 Å². The van der Waals surface area contributed by atoms with Crippen LogP contribution in [0.25, 0.3) is 6.08 Å². The number of aryl methyl sites for hydroxylation is 1. The summed E-state index contributed by atoms with van der Waals surface area (Å²) in [5.74, 6) is -0.729. The Kier molecular flexibility index (Phi) is 7.27. The molecular formula is C24H28N4O3. The predicted octanol–water partition coefficient (Wildman–Crippen LogP) is 3.58. The summed E-state index contributed by atoms with van der Waals surface area (Å²) in [7, 11) is 0. The third kappa shape index (κ3) is 5.41. The van der Waals surface area contributed by atoms with Crippen molar-refractivity contribution in [1.29, 1.82) is 5.26 Å². The van der Waals surface area contributed by atoms with Gasteiger partial charge in [-0.3, -0.25) is 9.59 Å². The van der Waals surface area contributed by atoms with E-state index in [0.29, 0.717) is 17.8 Å². The summed E-state index contributed by atoms with van der Waals surface area (Å²) < 4.78 is 7.91. The van der Waals surface area contributed by atoms with Gasteiger partial charge in [0.2, 0.25) is 0 Å². The van der Waals surface area contributed by atoms with Crippen LogP contribution in [0.15, 0.2) is 35.9 Å². The zero-order valence-corrected chi connectivity index (χ0v) is 18.2. The number of hydrogen-bond acceptors (Lipinski definition) is 4. The van der Waals surface area contributed by atoms with Crippen LogP contribution >= 0.6 is 0 Å². The van der Waals surface area contributed by atoms with Gasteiger partial charge in [-0.05, 0) is 69.5 Å². The third-order valence-corrected chi connectivity index (χ3v) is 5.41. The van der Waals surface area contributed by atoms with E-state index in [4.69, 9.17) is 4.74 Å². The first-order chi connectivity index (χ1) is 14.9. The second kappa shape index (κ2) is 10.1. The molecule has 0 aliphatic carbocycles. The first kappa shape index (κ1) is 22.3. The SMILES string of the molecule is CCNC(=O)c1cccc(NC(=O)/C(C#N)=C/c2cc(C)n(CC3CCCO3)c2C)c1. The first-order valence-electron chi connectivity index (χ1n) is 10.5. The van der Waals surface area contributed by atoms with Crippen molar-refractivity contribution in [1.82, 2.24) is 9.88 Å². The fraction of sp³-hybridized carbons (Fsp3) is 0.375. The Hall–Kier alpha value is -3.37. The highest BCUT2D eigenvalue weighted by Gasteiger charge is 2.19. The normalized spacial score (nSPS) is 16.1. The quantitative estimate of drug-likeness (QED) is 0.529. The topological polar surface area (TPSA) is 96.2 Å². The number of nitrogens with one attached hydrogen (secondary N) is 2. The summed E-state index contributed by atoms with van der Waals surface area (Å²) in [6.45, 7) is 7.92. The van der Waals surface area contributed by atoms with Gasteiger partial charge in [0, 0.05) is 42.3 Å². The molecule has 31 heavy (non-hydrogen) atoms. The van der Waals surface area contributed by atoms with Gasteiger partial charge in [-0.2, -0.15) is 5.26 Å². The molecule has 0 saturated carbocycles. The molecule has 2 aromatic rings. The molecule has 1 atom stereocenters. The standard InChI is InChI=1S/C24H28N4O3/c1-4-26-23(29)18-7-5-8-21(13-18)27-24(30)20(14-25)12-19-11-16(2)28(17(19)3)15-22-9-6-10-31-22/h5,7-8,11-13,22H,4,6,9-10,15H2,1-3H3,(H,26,29)(H,27,30)/b20-12+. The van der Waals surface area contributed by atoms with Crippen LogP contribution in [0, 0.1) is 25.2 Å². The number of ether oxygens (including phenoxy) is 1. The van der Waals surface area contributed by atoms with Crippen molar-refractivity contribution >= 4 is 23.6 Å². The number of hydrogen-bond donors (Lipinski definition) is 2. The van der Waals surface area contributed by atoms with Gasteiger partial charge in [-0.1, -0.05) is 6.07 Å². The van der Waals surface area contributed by atoms with Crippen LogP contribution in [0.2, 0.25) is 0 Å². The fourth-order valence-corrected chi connectivity index (χ4v) is 3.75. The molecule has 7 nitrogen and oxygen atoms in total. The van der Waals surface area contributed by atoms with Crippen molar-refractivity contribution in [3.8, 4) is 6.07 Å². The van der Waals surface area contributed by atoms with Gasteiger partial charge in [0.05, 0.1) is 6.10 Å². The Labute approximate surface area is 182 Å². The summed E-state index contributed by atoms with van der Waals surface area (Å²) in [5, 5.41) is 15.0. The molecule has 1 aliphatic rings. The number of nitriles is 1. The second-order valence-electron chi connectivity index (χ2n) is 7.64. The number of benzene rings is 1. The van der Waals surface area contributed by atoms with E-state index in [1.807, 2.05) is 32.9 Å². The average molecular weight is 421 g/mol. The minimum atomic E-state index is -0.514. The Morgan fingerprint density at radius 3 is 2.81 bits per heavy atom. The largest absolute Gasteiger partial charge is 0.376 e. The number of rotatable bonds is 7. The summed E-state index contributed by atoms with van der Waals surface area (Å²) >= 11 is 0. The third-order valence-electron chi connectivity index (χ3n) is 5.41. The fourth-order valence-electron chi connectivity index (χ4n) is 3.75. The maximum Gasteiger partial charge on any atom is 0.266 e. The van der Waals surface area contributed by atoms with Crippen LogP contribution in [-0.2, 0) is 16.1 Å². The van der Waals surface area contributed by atoms with E-state index in [2.05, 4.69) is 15.2 Å². The van der Waals surface area contributed by atoms with E-state index < -0.39 is 5.91 Å². The van der Waals surface area contributed by atoms with E-state index in [9.17, 15) is 14.9 Å². The number of carbonyl (C=O) groups is 2. The van der Waals surface area contributed by atoms with Crippen molar-refractivity contribution in [3.63, 3.8) is 0 Å². The van der Waals surface area contributed by atoms with Crippen LogP contribution in [0.5, 0.6) is 0 Å². The zero-order valence-electron chi connectivity index (χ0n) is 18.2. The molecule has 1 aromatic heterocycles. The molecule has 1 aromatic carbocycles. The van der Waals surface area contributed by atoms with Gasteiger partial charge >= 0.3 is 0 Å². The highest BCUT2D eigenvalue weighted by atomic mass is 16.5. The number of amides is 2. The molecule has 1 saturated heterocycles. The molecule has 0 spiro atoms. The van der Waals surface area contributed by atoms with Crippen LogP contribution in [0.4, 0.5) is 5.69 Å².